The van der Waals surface area contributed by atoms with Gasteiger partial charge in [-0.2, -0.15) is 0 Å². The minimum atomic E-state index is -0.579. The van der Waals surface area contributed by atoms with E-state index < -0.39 is 5.41 Å². The lowest BCUT2D eigenvalue weighted by molar-refractivity contribution is -0.137. The highest BCUT2D eigenvalue weighted by molar-refractivity contribution is 5.89. The average Bonchev–Trinajstić information content (AvgIpc) is 2.80. The van der Waals surface area contributed by atoms with E-state index in [-0.39, 0.29) is 11.8 Å². The number of nitrogens with zero attached hydrogens (tertiary/aromatic N) is 1. The fourth-order valence-corrected chi connectivity index (χ4v) is 4.20. The molecule has 1 saturated heterocycles. The van der Waals surface area contributed by atoms with Crippen LogP contribution in [0.2, 0.25) is 0 Å². The SMILES string of the molecule is CCCC(=O)N1CCC(C(=O)NCCc2ccc(OC)cc2)(c2ccccc2)CC1. The highest BCUT2D eigenvalue weighted by atomic mass is 16.5. The van der Waals surface area contributed by atoms with Crippen molar-refractivity contribution >= 4 is 11.8 Å². The normalized spacial score (nSPS) is 15.5. The second kappa shape index (κ2) is 10.3. The van der Waals surface area contributed by atoms with Gasteiger partial charge in [0.05, 0.1) is 12.5 Å². The van der Waals surface area contributed by atoms with Crippen molar-refractivity contribution in [1.29, 1.82) is 0 Å². The van der Waals surface area contributed by atoms with Crippen LogP contribution in [0.25, 0.3) is 0 Å². The highest BCUT2D eigenvalue weighted by Crippen LogP contribution is 2.36. The van der Waals surface area contributed by atoms with Crippen LogP contribution in [0.15, 0.2) is 54.6 Å². The Morgan fingerprint density at radius 2 is 1.70 bits per heavy atom. The molecule has 1 aliphatic heterocycles. The summed E-state index contributed by atoms with van der Waals surface area (Å²) >= 11 is 0. The first kappa shape index (κ1) is 21.9. The van der Waals surface area contributed by atoms with Gasteiger partial charge >= 0.3 is 0 Å². The van der Waals surface area contributed by atoms with Crippen molar-refractivity contribution in [1.82, 2.24) is 10.2 Å². The molecular formula is C25H32N2O3. The number of amides is 2. The van der Waals surface area contributed by atoms with Crippen LogP contribution in [0, 0.1) is 0 Å². The first-order valence-electron chi connectivity index (χ1n) is 10.8. The zero-order chi connectivity index (χ0) is 21.4. The molecule has 0 aromatic heterocycles. The quantitative estimate of drug-likeness (QED) is 0.724. The molecule has 30 heavy (non-hydrogen) atoms. The molecule has 0 aliphatic carbocycles. The Kier molecular flexibility index (Phi) is 7.50. The molecule has 0 atom stereocenters. The van der Waals surface area contributed by atoms with Gasteiger partial charge in [0.15, 0.2) is 0 Å². The van der Waals surface area contributed by atoms with Crippen molar-refractivity contribution in [2.75, 3.05) is 26.7 Å². The molecule has 3 rings (SSSR count). The highest BCUT2D eigenvalue weighted by Gasteiger charge is 2.43. The van der Waals surface area contributed by atoms with Gasteiger partial charge in [-0.25, -0.2) is 0 Å². The molecule has 0 bridgehead atoms. The summed E-state index contributed by atoms with van der Waals surface area (Å²) in [7, 11) is 1.65. The number of methoxy groups -OCH3 is 1. The van der Waals surface area contributed by atoms with Crippen molar-refractivity contribution in [3.8, 4) is 5.75 Å². The number of carbonyl (C=O) groups excluding carboxylic acids is 2. The number of rotatable bonds is 8. The molecule has 0 radical (unpaired) electrons. The van der Waals surface area contributed by atoms with Gasteiger partial charge in [0.1, 0.15) is 5.75 Å². The van der Waals surface area contributed by atoms with Crippen molar-refractivity contribution in [2.45, 2.75) is 44.4 Å². The van der Waals surface area contributed by atoms with Gasteiger partial charge in [0, 0.05) is 26.1 Å². The maximum Gasteiger partial charge on any atom is 0.230 e. The molecule has 1 heterocycles. The van der Waals surface area contributed by atoms with Crippen LogP contribution in [0.3, 0.4) is 0 Å². The number of benzene rings is 2. The Bertz CT molecular complexity index is 825. The third-order valence-electron chi connectivity index (χ3n) is 6.05. The van der Waals surface area contributed by atoms with E-state index in [0.717, 1.165) is 29.7 Å². The summed E-state index contributed by atoms with van der Waals surface area (Å²) in [5, 5.41) is 3.16. The van der Waals surface area contributed by atoms with Gasteiger partial charge < -0.3 is 15.0 Å². The van der Waals surface area contributed by atoms with Crippen LogP contribution in [-0.2, 0) is 21.4 Å². The lowest BCUT2D eigenvalue weighted by Crippen LogP contribution is -2.53. The number of likely N-dealkylation sites (tertiary alicyclic amines) is 1. The fourth-order valence-electron chi connectivity index (χ4n) is 4.20. The lowest BCUT2D eigenvalue weighted by Gasteiger charge is -2.41. The van der Waals surface area contributed by atoms with E-state index in [1.54, 1.807) is 7.11 Å². The summed E-state index contributed by atoms with van der Waals surface area (Å²) in [6.07, 6.45) is 3.50. The van der Waals surface area contributed by atoms with Crippen molar-refractivity contribution in [3.63, 3.8) is 0 Å². The second-order valence-corrected chi connectivity index (χ2v) is 7.93. The van der Waals surface area contributed by atoms with Gasteiger partial charge in [0.2, 0.25) is 11.8 Å². The smallest absolute Gasteiger partial charge is 0.230 e. The molecule has 160 valence electrons. The second-order valence-electron chi connectivity index (χ2n) is 7.93. The monoisotopic (exact) mass is 408 g/mol. The zero-order valence-electron chi connectivity index (χ0n) is 18.0. The van der Waals surface area contributed by atoms with E-state index in [9.17, 15) is 9.59 Å². The van der Waals surface area contributed by atoms with Crippen LogP contribution in [-0.4, -0.2) is 43.5 Å². The molecule has 5 heteroatoms. The molecule has 1 N–H and O–H groups in total. The van der Waals surface area contributed by atoms with Crippen molar-refractivity contribution in [2.24, 2.45) is 0 Å². The Balaban J connectivity index is 1.67. The van der Waals surface area contributed by atoms with Crippen LogP contribution in [0.4, 0.5) is 0 Å². The summed E-state index contributed by atoms with van der Waals surface area (Å²) in [4.78, 5) is 27.6. The fraction of sp³-hybridized carbons (Fsp3) is 0.440. The maximum absolute atomic E-state index is 13.4. The zero-order valence-corrected chi connectivity index (χ0v) is 18.0. The summed E-state index contributed by atoms with van der Waals surface area (Å²) < 4.78 is 5.20. The number of nitrogens with one attached hydrogen (secondary N) is 1. The van der Waals surface area contributed by atoms with E-state index in [2.05, 4.69) is 5.32 Å². The molecule has 2 aromatic carbocycles. The molecule has 5 nitrogen and oxygen atoms in total. The standard InChI is InChI=1S/C25H32N2O3/c1-3-7-23(28)27-18-15-25(16-19-27,21-8-5-4-6-9-21)24(29)26-17-14-20-10-12-22(30-2)13-11-20/h4-6,8-13H,3,7,14-19H2,1-2H3,(H,26,29). The topological polar surface area (TPSA) is 58.6 Å². The molecular weight excluding hydrogens is 376 g/mol. The lowest BCUT2D eigenvalue weighted by atomic mass is 9.72. The van der Waals surface area contributed by atoms with Gasteiger partial charge in [-0.15, -0.1) is 0 Å². The molecule has 2 amide bonds. The molecule has 0 unspecified atom stereocenters. The molecule has 0 spiro atoms. The predicted octanol–water partition coefficient (Wildman–Crippen LogP) is 3.71. The van der Waals surface area contributed by atoms with Crippen LogP contribution < -0.4 is 10.1 Å². The van der Waals surface area contributed by atoms with Crippen molar-refractivity contribution < 1.29 is 14.3 Å². The third-order valence-corrected chi connectivity index (χ3v) is 6.05. The summed E-state index contributed by atoms with van der Waals surface area (Å²) in [6, 6.07) is 17.9. The van der Waals surface area contributed by atoms with Crippen LogP contribution in [0.1, 0.15) is 43.7 Å². The Hall–Kier alpha value is -2.82. The Morgan fingerprint density at radius 1 is 1.03 bits per heavy atom. The van der Waals surface area contributed by atoms with Gasteiger partial charge in [-0.05, 0) is 48.9 Å². The Morgan fingerprint density at radius 3 is 2.30 bits per heavy atom. The van der Waals surface area contributed by atoms with Crippen molar-refractivity contribution in [3.05, 3.63) is 65.7 Å². The average molecular weight is 409 g/mol. The number of ether oxygens (including phenoxy) is 1. The number of piperidine rings is 1. The third kappa shape index (κ3) is 5.02. The molecule has 1 aliphatic rings. The summed E-state index contributed by atoms with van der Waals surface area (Å²) in [5.41, 5.74) is 1.61. The van der Waals surface area contributed by atoms with Gasteiger partial charge in [-0.3, -0.25) is 9.59 Å². The minimum Gasteiger partial charge on any atom is -0.497 e. The summed E-state index contributed by atoms with van der Waals surface area (Å²) in [5.74, 6) is 1.08. The Labute approximate surface area is 179 Å². The van der Waals surface area contributed by atoms with E-state index >= 15 is 0 Å². The van der Waals surface area contributed by atoms with Crippen LogP contribution >= 0.6 is 0 Å². The first-order chi connectivity index (χ1) is 14.6. The van der Waals surface area contributed by atoms with Gasteiger partial charge in [0.25, 0.3) is 0 Å². The van der Waals surface area contributed by atoms with Gasteiger partial charge in [-0.1, -0.05) is 49.4 Å². The number of hydrogen-bond acceptors (Lipinski definition) is 3. The molecule has 1 fully saturated rings. The largest absolute Gasteiger partial charge is 0.497 e. The number of hydrogen-bond donors (Lipinski definition) is 1. The molecule has 0 saturated carbocycles. The van der Waals surface area contributed by atoms with Crippen LogP contribution in [0.5, 0.6) is 5.75 Å². The first-order valence-corrected chi connectivity index (χ1v) is 10.8. The number of carbonyl (C=O) groups is 2. The van der Waals surface area contributed by atoms with E-state index in [1.165, 1.54) is 0 Å². The van der Waals surface area contributed by atoms with E-state index in [1.807, 2.05) is 66.4 Å². The maximum atomic E-state index is 13.4. The summed E-state index contributed by atoms with van der Waals surface area (Å²) in [6.45, 7) is 3.85. The minimum absolute atomic E-state index is 0.0600. The molecule has 2 aromatic rings. The van der Waals surface area contributed by atoms with E-state index in [4.69, 9.17) is 4.74 Å². The van der Waals surface area contributed by atoms with E-state index in [0.29, 0.717) is 38.9 Å². The predicted molar refractivity (Wildman–Crippen MR) is 119 cm³/mol.